The van der Waals surface area contributed by atoms with Gasteiger partial charge in [-0.05, 0) is 40.8 Å². The lowest BCUT2D eigenvalue weighted by Crippen LogP contribution is -1.96. The molecule has 0 amide bonds. The molecule has 0 radical (unpaired) electrons. The molecule has 1 aromatic rings. The zero-order chi connectivity index (χ0) is 8.97. The number of carbonyl (C=O) groups is 1. The van der Waals surface area contributed by atoms with Crippen LogP contribution in [0.15, 0.2) is 24.3 Å². The highest BCUT2D eigenvalue weighted by Crippen LogP contribution is 2.13. The second kappa shape index (κ2) is 4.30. The van der Waals surface area contributed by atoms with E-state index in [1.165, 1.54) is 12.1 Å². The van der Waals surface area contributed by atoms with E-state index in [-0.39, 0.29) is 5.56 Å². The minimum Gasteiger partial charge on any atom is -0.483 e. The van der Waals surface area contributed by atoms with E-state index in [2.05, 4.69) is 22.6 Å². The highest BCUT2D eigenvalue weighted by atomic mass is 127. The van der Waals surface area contributed by atoms with Gasteiger partial charge in [-0.3, -0.25) is 0 Å². The molecule has 0 heterocycles. The molecule has 3 nitrogen and oxygen atoms in total. The van der Waals surface area contributed by atoms with Crippen molar-refractivity contribution in [1.82, 2.24) is 0 Å². The number of alkyl halides is 1. The van der Waals surface area contributed by atoms with Crippen LogP contribution in [0.3, 0.4) is 0 Å². The summed E-state index contributed by atoms with van der Waals surface area (Å²) in [5.41, 5.74) is 0.248. The van der Waals surface area contributed by atoms with Crippen LogP contribution in [0, 0.1) is 0 Å². The largest absolute Gasteiger partial charge is 0.483 e. The molecule has 0 aliphatic heterocycles. The molecule has 1 rings (SSSR count). The van der Waals surface area contributed by atoms with Gasteiger partial charge in [0.05, 0.1) is 5.56 Å². The molecule has 0 atom stereocenters. The van der Waals surface area contributed by atoms with Crippen molar-refractivity contribution >= 4 is 28.6 Å². The molecule has 0 aromatic heterocycles. The lowest BCUT2D eigenvalue weighted by Gasteiger charge is -2.01. The molecule has 0 aliphatic rings. The van der Waals surface area contributed by atoms with Crippen molar-refractivity contribution in [3.05, 3.63) is 29.8 Å². The SMILES string of the molecule is O=C(O)c1cccc(OCI)c1. The molecular formula is C8H7IO3. The van der Waals surface area contributed by atoms with E-state index < -0.39 is 5.97 Å². The molecule has 64 valence electrons. The third-order valence-electron chi connectivity index (χ3n) is 1.30. The lowest BCUT2D eigenvalue weighted by atomic mass is 10.2. The molecule has 1 N–H and O–H groups in total. The minimum atomic E-state index is -0.936. The molecule has 0 unspecified atom stereocenters. The second-order valence-corrected chi connectivity index (χ2v) is 2.71. The predicted octanol–water partition coefficient (Wildman–Crippen LogP) is 2.16. The van der Waals surface area contributed by atoms with Crippen molar-refractivity contribution in [3.63, 3.8) is 0 Å². The zero-order valence-electron chi connectivity index (χ0n) is 6.16. The number of hydrogen-bond donors (Lipinski definition) is 1. The maximum atomic E-state index is 10.5. The summed E-state index contributed by atoms with van der Waals surface area (Å²) < 4.78 is 5.63. The number of ether oxygens (including phenoxy) is 1. The molecule has 12 heavy (non-hydrogen) atoms. The molecular weight excluding hydrogens is 271 g/mol. The monoisotopic (exact) mass is 278 g/mol. The Hall–Kier alpha value is -0.780. The van der Waals surface area contributed by atoms with Gasteiger partial charge in [-0.25, -0.2) is 4.79 Å². The molecule has 0 bridgehead atoms. The summed E-state index contributed by atoms with van der Waals surface area (Å²) in [6, 6.07) is 6.42. The van der Waals surface area contributed by atoms with E-state index in [0.717, 1.165) is 0 Å². The summed E-state index contributed by atoms with van der Waals surface area (Å²) >= 11 is 2.05. The third-order valence-corrected chi connectivity index (χ3v) is 1.61. The smallest absolute Gasteiger partial charge is 0.335 e. The van der Waals surface area contributed by atoms with Gasteiger partial charge in [0.2, 0.25) is 0 Å². The topological polar surface area (TPSA) is 46.5 Å². The van der Waals surface area contributed by atoms with Crippen LogP contribution in [0.4, 0.5) is 0 Å². The van der Waals surface area contributed by atoms with E-state index in [9.17, 15) is 4.79 Å². The van der Waals surface area contributed by atoms with Crippen LogP contribution >= 0.6 is 22.6 Å². The van der Waals surface area contributed by atoms with Crippen LogP contribution in [0.2, 0.25) is 0 Å². The predicted molar refractivity (Wildman–Crippen MR) is 52.9 cm³/mol. The summed E-state index contributed by atoms with van der Waals surface area (Å²) in [6.07, 6.45) is 0. The second-order valence-electron chi connectivity index (χ2n) is 2.09. The molecule has 0 fully saturated rings. The first-order valence-electron chi connectivity index (χ1n) is 3.26. The third kappa shape index (κ3) is 2.37. The van der Waals surface area contributed by atoms with Gasteiger partial charge >= 0.3 is 5.97 Å². The van der Waals surface area contributed by atoms with Crippen molar-refractivity contribution in [1.29, 1.82) is 0 Å². The van der Waals surface area contributed by atoms with E-state index in [1.807, 2.05) is 0 Å². The Balaban J connectivity index is 2.88. The normalized spacial score (nSPS) is 9.42. The quantitative estimate of drug-likeness (QED) is 0.680. The van der Waals surface area contributed by atoms with Gasteiger partial charge in [0, 0.05) is 0 Å². The molecule has 0 spiro atoms. The number of rotatable bonds is 3. The number of benzene rings is 1. The molecule has 4 heteroatoms. The van der Waals surface area contributed by atoms with Crippen molar-refractivity contribution in [3.8, 4) is 5.75 Å². The number of halogens is 1. The summed E-state index contributed by atoms with van der Waals surface area (Å²) in [5.74, 6) is -0.349. The van der Waals surface area contributed by atoms with Crippen LogP contribution in [0.5, 0.6) is 5.75 Å². The fourth-order valence-corrected chi connectivity index (χ4v) is 1.14. The van der Waals surface area contributed by atoms with Gasteiger partial charge < -0.3 is 9.84 Å². The van der Waals surface area contributed by atoms with Crippen LogP contribution in [-0.4, -0.2) is 15.7 Å². The van der Waals surface area contributed by atoms with Crippen LogP contribution in [-0.2, 0) is 0 Å². The van der Waals surface area contributed by atoms with Crippen molar-refractivity contribution in [2.75, 3.05) is 4.61 Å². The Morgan fingerprint density at radius 3 is 2.92 bits per heavy atom. The van der Waals surface area contributed by atoms with Gasteiger partial charge in [0.1, 0.15) is 10.4 Å². The summed E-state index contributed by atoms with van der Waals surface area (Å²) in [4.78, 5) is 10.5. The average Bonchev–Trinajstić information content (AvgIpc) is 2.05. The van der Waals surface area contributed by atoms with Gasteiger partial charge in [-0.2, -0.15) is 0 Å². The first-order chi connectivity index (χ1) is 5.74. The van der Waals surface area contributed by atoms with Crippen molar-refractivity contribution < 1.29 is 14.6 Å². The van der Waals surface area contributed by atoms with Gasteiger partial charge in [-0.15, -0.1) is 0 Å². The fraction of sp³-hybridized carbons (Fsp3) is 0.125. The van der Waals surface area contributed by atoms with E-state index in [0.29, 0.717) is 10.4 Å². The Labute approximate surface area is 83.5 Å². The molecule has 0 aliphatic carbocycles. The Kier molecular flexibility index (Phi) is 3.33. The molecule has 0 saturated heterocycles. The van der Waals surface area contributed by atoms with E-state index in [1.54, 1.807) is 12.1 Å². The molecule has 0 saturated carbocycles. The van der Waals surface area contributed by atoms with E-state index in [4.69, 9.17) is 9.84 Å². The lowest BCUT2D eigenvalue weighted by molar-refractivity contribution is 0.0696. The maximum absolute atomic E-state index is 10.5. The first kappa shape index (κ1) is 9.31. The van der Waals surface area contributed by atoms with Gasteiger partial charge in [0.15, 0.2) is 0 Å². The highest BCUT2D eigenvalue weighted by molar-refractivity contribution is 14.1. The summed E-state index contributed by atoms with van der Waals surface area (Å²) in [7, 11) is 0. The van der Waals surface area contributed by atoms with E-state index >= 15 is 0 Å². The van der Waals surface area contributed by atoms with Crippen LogP contribution < -0.4 is 4.74 Å². The summed E-state index contributed by atoms with van der Waals surface area (Å²) in [6.45, 7) is 0. The van der Waals surface area contributed by atoms with Crippen LogP contribution in [0.25, 0.3) is 0 Å². The van der Waals surface area contributed by atoms with Crippen molar-refractivity contribution in [2.45, 2.75) is 0 Å². The van der Waals surface area contributed by atoms with Crippen molar-refractivity contribution in [2.24, 2.45) is 0 Å². The standard InChI is InChI=1S/C8H7IO3/c9-5-12-7-3-1-2-6(4-7)8(10)11/h1-4H,5H2,(H,10,11). The van der Waals surface area contributed by atoms with Crippen LogP contribution in [0.1, 0.15) is 10.4 Å². The Bertz CT molecular complexity index is 285. The van der Waals surface area contributed by atoms with Gasteiger partial charge in [0.25, 0.3) is 0 Å². The summed E-state index contributed by atoms with van der Waals surface area (Å²) in [5, 5.41) is 8.62. The average molecular weight is 278 g/mol. The number of carboxylic acids is 1. The zero-order valence-corrected chi connectivity index (χ0v) is 8.32. The maximum Gasteiger partial charge on any atom is 0.335 e. The fourth-order valence-electron chi connectivity index (χ4n) is 0.782. The van der Waals surface area contributed by atoms with Gasteiger partial charge in [-0.1, -0.05) is 6.07 Å². The molecule has 1 aromatic carbocycles. The minimum absolute atomic E-state index is 0.248. The Morgan fingerprint density at radius 1 is 1.58 bits per heavy atom. The highest BCUT2D eigenvalue weighted by Gasteiger charge is 2.02. The number of carboxylic acid groups (broad SMARTS) is 1. The number of hydrogen-bond acceptors (Lipinski definition) is 2. The Morgan fingerprint density at radius 2 is 2.33 bits per heavy atom. The number of aromatic carboxylic acids is 1. The first-order valence-corrected chi connectivity index (χ1v) is 4.78.